The molecule has 0 aliphatic heterocycles. The van der Waals surface area contributed by atoms with Gasteiger partial charge in [0.2, 0.25) is 5.91 Å². The first-order valence-corrected chi connectivity index (χ1v) is 11.6. The molecule has 0 spiro atoms. The third-order valence-electron chi connectivity index (χ3n) is 4.34. The molecule has 27 heavy (non-hydrogen) atoms. The molecule has 0 aromatic heterocycles. The fourth-order valence-electron chi connectivity index (χ4n) is 2.82. The Morgan fingerprint density at radius 3 is 1.67 bits per heavy atom. The normalized spacial score (nSPS) is 12.1. The zero-order valence-electron chi connectivity index (χ0n) is 18.3. The number of hydrogen-bond acceptors (Lipinski definition) is 4. The summed E-state index contributed by atoms with van der Waals surface area (Å²) < 4.78 is 32.5. The monoisotopic (exact) mass is 406 g/mol. The molecule has 0 atom stereocenters. The Kier molecular flexibility index (Phi) is 14.8. The van der Waals surface area contributed by atoms with Crippen molar-refractivity contribution >= 4 is 16.0 Å². The van der Waals surface area contributed by atoms with Crippen molar-refractivity contribution in [1.29, 1.82) is 0 Å². The molecule has 0 aromatic carbocycles. The number of rotatable bonds is 13. The highest BCUT2D eigenvalue weighted by molar-refractivity contribution is 7.85. The van der Waals surface area contributed by atoms with Crippen LogP contribution in [-0.2, 0) is 14.9 Å². The average molecular weight is 407 g/mol. The van der Waals surface area contributed by atoms with E-state index in [1.54, 1.807) is 0 Å². The van der Waals surface area contributed by atoms with Crippen molar-refractivity contribution in [2.45, 2.75) is 78.7 Å². The van der Waals surface area contributed by atoms with E-state index < -0.39 is 27.3 Å². The van der Waals surface area contributed by atoms with Crippen LogP contribution in [0.3, 0.4) is 0 Å². The summed E-state index contributed by atoms with van der Waals surface area (Å²) in [4.78, 5) is 10.8. The van der Waals surface area contributed by atoms with Crippen LogP contribution in [-0.4, -0.2) is 61.3 Å². The molecule has 1 amide bonds. The molecule has 0 saturated heterocycles. The molecular weight excluding hydrogens is 364 g/mol. The van der Waals surface area contributed by atoms with E-state index >= 15 is 0 Å². The second-order valence-corrected chi connectivity index (χ2v) is 9.53. The van der Waals surface area contributed by atoms with Gasteiger partial charge in [-0.3, -0.25) is 4.79 Å². The van der Waals surface area contributed by atoms with Crippen LogP contribution < -0.4 is 5.32 Å². The Balaban J connectivity index is 0. The third kappa shape index (κ3) is 18.2. The van der Waals surface area contributed by atoms with Crippen LogP contribution in [0.1, 0.15) is 73.1 Å². The van der Waals surface area contributed by atoms with Gasteiger partial charge >= 0.3 is 0 Å². The molecule has 1 N–H and O–H groups in total. The van der Waals surface area contributed by atoms with Crippen LogP contribution >= 0.6 is 0 Å². The van der Waals surface area contributed by atoms with Gasteiger partial charge < -0.3 is 14.4 Å². The largest absolute Gasteiger partial charge is 0.748 e. The van der Waals surface area contributed by atoms with Crippen molar-refractivity contribution in [3.63, 3.8) is 0 Å². The van der Waals surface area contributed by atoms with E-state index in [4.69, 9.17) is 0 Å². The lowest BCUT2D eigenvalue weighted by atomic mass is 10.1. The number of carbonyl (C=O) groups is 1. The van der Waals surface area contributed by atoms with Crippen molar-refractivity contribution in [2.24, 2.45) is 0 Å². The maximum absolute atomic E-state index is 10.8. The zero-order chi connectivity index (χ0) is 21.6. The van der Waals surface area contributed by atoms with Crippen molar-refractivity contribution in [3.05, 3.63) is 12.7 Å². The van der Waals surface area contributed by atoms with Gasteiger partial charge in [0.25, 0.3) is 0 Å². The predicted molar refractivity (Wildman–Crippen MR) is 112 cm³/mol. The van der Waals surface area contributed by atoms with Gasteiger partial charge in [-0.05, 0) is 39.2 Å². The summed E-state index contributed by atoms with van der Waals surface area (Å²) in [7, 11) is -1.89. The maximum Gasteiger partial charge on any atom is 0.243 e. The van der Waals surface area contributed by atoms with Gasteiger partial charge in [0.05, 0.1) is 42.6 Å². The number of nitrogens with zero attached hydrogens (tertiary/aromatic N) is 1. The molecule has 0 fully saturated rings. The molecule has 0 radical (unpaired) electrons. The lowest BCUT2D eigenvalue weighted by Crippen LogP contribution is -2.47. The van der Waals surface area contributed by atoms with Gasteiger partial charge in [-0.2, -0.15) is 0 Å². The minimum atomic E-state index is -4.33. The van der Waals surface area contributed by atoms with Crippen molar-refractivity contribution in [3.8, 4) is 0 Å². The zero-order valence-corrected chi connectivity index (χ0v) is 19.2. The highest BCUT2D eigenvalue weighted by Gasteiger charge is 2.22. The summed E-state index contributed by atoms with van der Waals surface area (Å²) in [6.45, 7) is 17.1. The van der Waals surface area contributed by atoms with Gasteiger partial charge in [-0.15, -0.1) is 0 Å². The van der Waals surface area contributed by atoms with Gasteiger partial charge in [-0.25, -0.2) is 8.42 Å². The van der Waals surface area contributed by atoms with Crippen LogP contribution in [0.5, 0.6) is 0 Å². The molecule has 0 saturated carbocycles. The molecule has 6 nitrogen and oxygen atoms in total. The summed E-state index contributed by atoms with van der Waals surface area (Å²) in [5, 5.41) is 2.33. The van der Waals surface area contributed by atoms with E-state index in [1.807, 2.05) is 0 Å². The van der Waals surface area contributed by atoms with Crippen molar-refractivity contribution in [1.82, 2.24) is 5.32 Å². The van der Waals surface area contributed by atoms with Gasteiger partial charge in [0, 0.05) is 5.54 Å². The van der Waals surface area contributed by atoms with E-state index in [2.05, 4.69) is 39.7 Å². The van der Waals surface area contributed by atoms with Gasteiger partial charge in [-0.1, -0.05) is 46.6 Å². The molecule has 0 heterocycles. The lowest BCUT2D eigenvalue weighted by Gasteiger charge is -2.34. The molecule has 0 aromatic rings. The summed E-state index contributed by atoms with van der Waals surface area (Å²) in [5.74, 6) is -1.15. The number of nitrogens with one attached hydrogen (secondary N) is 1. The van der Waals surface area contributed by atoms with Gasteiger partial charge in [0.1, 0.15) is 0 Å². The smallest absolute Gasteiger partial charge is 0.243 e. The summed E-state index contributed by atoms with van der Waals surface area (Å²) in [5.41, 5.74) is -1.06. The number of hydrogen-bond donors (Lipinski definition) is 1. The van der Waals surface area contributed by atoms with E-state index in [-0.39, 0.29) is 0 Å². The SMILES string of the molecule is C=CC(=O)NC(C)(C)CS(=O)(=O)[O-].CCCC[N+](C)(CCCC)CCCC. The summed E-state index contributed by atoms with van der Waals surface area (Å²) in [6, 6.07) is 0. The van der Waals surface area contributed by atoms with Crippen LogP contribution in [0, 0.1) is 0 Å². The Morgan fingerprint density at radius 1 is 1.04 bits per heavy atom. The highest BCUT2D eigenvalue weighted by Crippen LogP contribution is 2.10. The second-order valence-electron chi connectivity index (χ2n) is 8.13. The second kappa shape index (κ2) is 14.1. The Hall–Kier alpha value is -0.920. The lowest BCUT2D eigenvalue weighted by molar-refractivity contribution is -0.910. The number of amides is 1. The van der Waals surface area contributed by atoms with E-state index in [0.29, 0.717) is 0 Å². The summed E-state index contributed by atoms with van der Waals surface area (Å²) in [6.07, 6.45) is 9.21. The molecule has 0 unspecified atom stereocenters. The Bertz CT molecular complexity index is 494. The van der Waals surface area contributed by atoms with E-state index in [0.717, 1.165) is 6.08 Å². The maximum atomic E-state index is 10.8. The molecule has 162 valence electrons. The summed E-state index contributed by atoms with van der Waals surface area (Å²) >= 11 is 0. The molecular formula is C20H42N2O4S. The average Bonchev–Trinajstić information content (AvgIpc) is 2.54. The van der Waals surface area contributed by atoms with Crippen LogP contribution in [0.15, 0.2) is 12.7 Å². The number of unbranched alkanes of at least 4 members (excludes halogenated alkanes) is 3. The van der Waals surface area contributed by atoms with Gasteiger partial charge in [0.15, 0.2) is 0 Å². The van der Waals surface area contributed by atoms with Crippen LogP contribution in [0.2, 0.25) is 0 Å². The van der Waals surface area contributed by atoms with E-state index in [9.17, 15) is 17.8 Å². The first kappa shape index (κ1) is 28.3. The Morgan fingerprint density at radius 2 is 1.41 bits per heavy atom. The molecule has 7 heteroatoms. The highest BCUT2D eigenvalue weighted by atomic mass is 32.2. The van der Waals surface area contributed by atoms with Crippen molar-refractivity contribution in [2.75, 3.05) is 32.4 Å². The van der Waals surface area contributed by atoms with Crippen molar-refractivity contribution < 1.29 is 22.2 Å². The standard InChI is InChI=1S/C13H30N.C7H13NO4S/c1-5-8-11-14(4,12-9-6-2)13-10-7-3;1-4-6(9)8-7(2,3)5-13(10,11)12/h5-13H2,1-4H3;4H,1,5H2,2-3H3,(H,8,9)(H,10,11,12)/q+1;/p-1. The third-order valence-corrected chi connectivity index (χ3v) is 5.41. The van der Waals surface area contributed by atoms with Crippen LogP contribution in [0.25, 0.3) is 0 Å². The molecule has 0 bridgehead atoms. The molecule has 0 aliphatic carbocycles. The quantitative estimate of drug-likeness (QED) is 0.288. The Labute approximate surface area is 167 Å². The predicted octanol–water partition coefficient (Wildman–Crippen LogP) is 3.45. The fourth-order valence-corrected chi connectivity index (χ4v) is 3.77. The topological polar surface area (TPSA) is 86.3 Å². The van der Waals surface area contributed by atoms with Crippen LogP contribution in [0.4, 0.5) is 0 Å². The minimum Gasteiger partial charge on any atom is -0.748 e. The van der Waals surface area contributed by atoms with E-state index in [1.165, 1.54) is 76.5 Å². The fraction of sp³-hybridized carbons (Fsp3) is 0.850. The first-order chi connectivity index (χ1) is 12.3. The first-order valence-electron chi connectivity index (χ1n) is 10.1. The molecule has 0 aliphatic rings. The molecule has 0 rings (SSSR count). The number of carbonyl (C=O) groups excluding carboxylic acids is 1. The minimum absolute atomic E-state index is 0.506. The number of quaternary nitrogens is 1.